The van der Waals surface area contributed by atoms with Gasteiger partial charge in [-0.1, -0.05) is 55.0 Å². The first-order valence-corrected chi connectivity index (χ1v) is 10.5. The largest absolute Gasteiger partial charge is 0.461 e. The monoisotopic (exact) mass is 391 g/mol. The van der Waals surface area contributed by atoms with E-state index in [-0.39, 0.29) is 12.6 Å². The molecular formula is C24H29N3O2. The number of nitrogens with zero attached hydrogens (tertiary/aromatic N) is 1. The van der Waals surface area contributed by atoms with Crippen LogP contribution in [0, 0.1) is 5.92 Å². The molecule has 2 heterocycles. The Bertz CT molecular complexity index is 931. The lowest BCUT2D eigenvalue weighted by atomic mass is 9.92. The Labute approximate surface area is 171 Å². The van der Waals surface area contributed by atoms with Crippen molar-refractivity contribution in [1.29, 1.82) is 0 Å². The molecule has 1 aliphatic heterocycles. The summed E-state index contributed by atoms with van der Waals surface area (Å²) < 4.78 is 5.71. The number of nitrogens with two attached hydrogens (primary N) is 1. The predicted molar refractivity (Wildman–Crippen MR) is 115 cm³/mol. The summed E-state index contributed by atoms with van der Waals surface area (Å²) in [6, 6.07) is 17.4. The molecule has 0 saturated carbocycles. The van der Waals surface area contributed by atoms with E-state index in [1.165, 1.54) is 19.3 Å². The van der Waals surface area contributed by atoms with Crippen LogP contribution >= 0.6 is 0 Å². The Balaban J connectivity index is 1.54. The van der Waals surface area contributed by atoms with Gasteiger partial charge >= 0.3 is 5.97 Å². The topological polar surface area (TPSA) is 71.4 Å². The summed E-state index contributed by atoms with van der Waals surface area (Å²) in [6.45, 7) is 2.94. The Morgan fingerprint density at radius 1 is 1.03 bits per heavy atom. The maximum Gasteiger partial charge on any atom is 0.312 e. The number of fused-ring (bicyclic) bond motifs is 1. The van der Waals surface area contributed by atoms with Crippen molar-refractivity contribution in [2.75, 3.05) is 19.6 Å². The van der Waals surface area contributed by atoms with Gasteiger partial charge in [0.2, 0.25) is 0 Å². The van der Waals surface area contributed by atoms with Crippen LogP contribution in [-0.4, -0.2) is 35.5 Å². The van der Waals surface area contributed by atoms with Crippen molar-refractivity contribution in [3.05, 3.63) is 71.9 Å². The van der Waals surface area contributed by atoms with Crippen LogP contribution in [0.3, 0.4) is 0 Å². The van der Waals surface area contributed by atoms with Crippen molar-refractivity contribution in [3.8, 4) is 0 Å². The van der Waals surface area contributed by atoms with Crippen molar-refractivity contribution in [2.24, 2.45) is 11.7 Å². The molecule has 0 bridgehead atoms. The minimum Gasteiger partial charge on any atom is -0.461 e. The Morgan fingerprint density at radius 3 is 2.55 bits per heavy atom. The minimum absolute atomic E-state index is 0.225. The van der Waals surface area contributed by atoms with Gasteiger partial charge in [-0.05, 0) is 43.1 Å². The number of nitrogens with one attached hydrogen (secondary N) is 1. The molecule has 5 nitrogen and oxygen atoms in total. The van der Waals surface area contributed by atoms with Gasteiger partial charge in [0.25, 0.3) is 0 Å². The molecule has 3 aromatic rings. The van der Waals surface area contributed by atoms with E-state index in [4.69, 9.17) is 10.5 Å². The number of rotatable bonds is 7. The fourth-order valence-electron chi connectivity index (χ4n) is 4.18. The highest BCUT2D eigenvalue weighted by Crippen LogP contribution is 2.29. The smallest absolute Gasteiger partial charge is 0.312 e. The average Bonchev–Trinajstić information content (AvgIpc) is 3.21. The lowest BCUT2D eigenvalue weighted by molar-refractivity contribution is -0.151. The van der Waals surface area contributed by atoms with E-state index in [2.05, 4.69) is 9.88 Å². The quantitative estimate of drug-likeness (QED) is 0.597. The maximum atomic E-state index is 13.1. The van der Waals surface area contributed by atoms with E-state index in [0.29, 0.717) is 6.54 Å². The number of H-pyrrole nitrogens is 1. The molecule has 0 spiro atoms. The second-order valence-corrected chi connectivity index (χ2v) is 7.88. The molecule has 1 aromatic heterocycles. The van der Waals surface area contributed by atoms with Crippen LogP contribution in [0.15, 0.2) is 60.8 Å². The third-order valence-electron chi connectivity index (χ3n) is 5.84. The molecule has 5 heteroatoms. The highest BCUT2D eigenvalue weighted by atomic mass is 16.5. The zero-order valence-electron chi connectivity index (χ0n) is 16.7. The first kappa shape index (κ1) is 19.7. The number of benzene rings is 2. The highest BCUT2D eigenvalue weighted by molar-refractivity contribution is 5.84. The summed E-state index contributed by atoms with van der Waals surface area (Å²) in [7, 11) is 0. The molecule has 2 unspecified atom stereocenters. The number of ether oxygens (including phenoxy) is 1. The van der Waals surface area contributed by atoms with Crippen LogP contribution in [0.5, 0.6) is 0 Å². The highest BCUT2D eigenvalue weighted by Gasteiger charge is 2.32. The summed E-state index contributed by atoms with van der Waals surface area (Å²) in [6.07, 6.45) is 5.54. The van der Waals surface area contributed by atoms with Crippen LogP contribution in [0.4, 0.5) is 0 Å². The van der Waals surface area contributed by atoms with Gasteiger partial charge in [0, 0.05) is 29.7 Å². The van der Waals surface area contributed by atoms with Gasteiger partial charge in [0.05, 0.1) is 5.92 Å². The summed E-state index contributed by atoms with van der Waals surface area (Å²) in [4.78, 5) is 18.8. The minimum atomic E-state index is -0.420. The number of hydrogen-bond donors (Lipinski definition) is 2. The standard InChI is InChI=1S/C24H29N3O2/c25-23(20-15-26-22-12-6-5-11-19(20)22)21(16-27-13-7-2-8-14-27)24(28)29-17-18-9-3-1-4-10-18/h1,3-6,9-12,15,21,23,26H,2,7-8,13-14,16-17,25H2. The van der Waals surface area contributed by atoms with Crippen molar-refractivity contribution in [3.63, 3.8) is 0 Å². The lowest BCUT2D eigenvalue weighted by Crippen LogP contribution is -2.42. The summed E-state index contributed by atoms with van der Waals surface area (Å²) in [5.41, 5.74) is 9.68. The number of piperidine rings is 1. The van der Waals surface area contributed by atoms with Crippen LogP contribution in [-0.2, 0) is 16.1 Å². The van der Waals surface area contributed by atoms with Crippen molar-refractivity contribution < 1.29 is 9.53 Å². The third kappa shape index (κ3) is 4.69. The Morgan fingerprint density at radius 2 is 1.76 bits per heavy atom. The zero-order chi connectivity index (χ0) is 20.1. The van der Waals surface area contributed by atoms with Crippen molar-refractivity contribution >= 4 is 16.9 Å². The van der Waals surface area contributed by atoms with Gasteiger partial charge in [-0.25, -0.2) is 0 Å². The average molecular weight is 392 g/mol. The van der Waals surface area contributed by atoms with Gasteiger partial charge in [-0.2, -0.15) is 0 Å². The molecule has 0 aliphatic carbocycles. The first-order valence-electron chi connectivity index (χ1n) is 10.5. The molecule has 1 saturated heterocycles. The number of para-hydroxylation sites is 1. The van der Waals surface area contributed by atoms with E-state index in [1.54, 1.807) is 0 Å². The van der Waals surface area contributed by atoms with Crippen LogP contribution < -0.4 is 5.73 Å². The Kier molecular flexibility index (Phi) is 6.27. The Hall–Kier alpha value is -2.63. The van der Waals surface area contributed by atoms with E-state index in [0.717, 1.165) is 35.1 Å². The molecular weight excluding hydrogens is 362 g/mol. The van der Waals surface area contributed by atoms with E-state index in [9.17, 15) is 4.79 Å². The first-order chi connectivity index (χ1) is 14.2. The molecule has 2 aromatic carbocycles. The number of carbonyl (C=O) groups is 1. The lowest BCUT2D eigenvalue weighted by Gasteiger charge is -2.32. The van der Waals surface area contributed by atoms with Crippen molar-refractivity contribution in [1.82, 2.24) is 9.88 Å². The number of esters is 1. The number of carbonyl (C=O) groups excluding carboxylic acids is 1. The number of aromatic nitrogens is 1. The fourth-order valence-corrected chi connectivity index (χ4v) is 4.18. The molecule has 29 heavy (non-hydrogen) atoms. The zero-order valence-corrected chi connectivity index (χ0v) is 16.7. The molecule has 3 N–H and O–H groups in total. The molecule has 1 aliphatic rings. The van der Waals surface area contributed by atoms with Crippen LogP contribution in [0.25, 0.3) is 10.9 Å². The normalized spacial score (nSPS) is 17.1. The van der Waals surface area contributed by atoms with E-state index < -0.39 is 12.0 Å². The second kappa shape index (κ2) is 9.25. The van der Waals surface area contributed by atoms with Crippen LogP contribution in [0.2, 0.25) is 0 Å². The molecule has 152 valence electrons. The van der Waals surface area contributed by atoms with E-state index in [1.807, 2.05) is 60.8 Å². The number of hydrogen-bond acceptors (Lipinski definition) is 4. The molecule has 1 fully saturated rings. The molecule has 0 amide bonds. The molecule has 2 atom stereocenters. The van der Waals surface area contributed by atoms with Gasteiger partial charge < -0.3 is 20.4 Å². The molecule has 4 rings (SSSR count). The summed E-state index contributed by atoms with van der Waals surface area (Å²) in [5.74, 6) is -0.631. The van der Waals surface area contributed by atoms with E-state index >= 15 is 0 Å². The maximum absolute atomic E-state index is 13.1. The predicted octanol–water partition coefficient (Wildman–Crippen LogP) is 4.01. The third-order valence-corrected chi connectivity index (χ3v) is 5.84. The van der Waals surface area contributed by atoms with Gasteiger partial charge in [-0.3, -0.25) is 4.79 Å². The molecule has 0 radical (unpaired) electrons. The van der Waals surface area contributed by atoms with Gasteiger partial charge in [0.15, 0.2) is 0 Å². The summed E-state index contributed by atoms with van der Waals surface area (Å²) in [5, 5.41) is 1.07. The van der Waals surface area contributed by atoms with Gasteiger partial charge in [0.1, 0.15) is 6.61 Å². The number of likely N-dealkylation sites (tertiary alicyclic amines) is 1. The van der Waals surface area contributed by atoms with Gasteiger partial charge in [-0.15, -0.1) is 0 Å². The second-order valence-electron chi connectivity index (χ2n) is 7.88. The fraction of sp³-hybridized carbons (Fsp3) is 0.375. The van der Waals surface area contributed by atoms with Crippen LogP contribution in [0.1, 0.15) is 36.4 Å². The van der Waals surface area contributed by atoms with Crippen molar-refractivity contribution in [2.45, 2.75) is 31.9 Å². The summed E-state index contributed by atoms with van der Waals surface area (Å²) >= 11 is 0. The number of aromatic amines is 1. The SMILES string of the molecule is NC(c1c[nH]c2ccccc12)C(CN1CCCCC1)C(=O)OCc1ccccc1.